The highest BCUT2D eigenvalue weighted by Crippen LogP contribution is 2.13. The summed E-state index contributed by atoms with van der Waals surface area (Å²) in [5.74, 6) is -0.356. The Morgan fingerprint density at radius 2 is 2.20 bits per heavy atom. The molecule has 0 aliphatic carbocycles. The Labute approximate surface area is 118 Å². The minimum atomic E-state index is -0.328. The maximum atomic E-state index is 12.8. The van der Waals surface area contributed by atoms with Gasteiger partial charge in [0, 0.05) is 6.54 Å². The molecule has 0 spiro atoms. The summed E-state index contributed by atoms with van der Waals surface area (Å²) in [6.45, 7) is 3.56. The molecule has 1 aromatic rings. The van der Waals surface area contributed by atoms with Gasteiger partial charge in [0.05, 0.1) is 18.7 Å². The zero-order valence-corrected chi connectivity index (χ0v) is 11.7. The van der Waals surface area contributed by atoms with Gasteiger partial charge in [0.25, 0.3) is 0 Å². The Morgan fingerprint density at radius 3 is 2.85 bits per heavy atom. The van der Waals surface area contributed by atoms with Gasteiger partial charge in [-0.15, -0.1) is 0 Å². The molecular formula is C15H21FN2O2. The number of carbonyl (C=O) groups is 1. The molecule has 1 amide bonds. The van der Waals surface area contributed by atoms with Crippen LogP contribution in [-0.4, -0.2) is 41.7 Å². The molecule has 5 heteroatoms. The van der Waals surface area contributed by atoms with E-state index >= 15 is 0 Å². The Morgan fingerprint density at radius 1 is 1.50 bits per heavy atom. The lowest BCUT2D eigenvalue weighted by molar-refractivity contribution is -0.123. The first-order valence-corrected chi connectivity index (χ1v) is 7.00. The first kappa shape index (κ1) is 14.9. The molecule has 0 aromatic heterocycles. The van der Waals surface area contributed by atoms with Crippen LogP contribution in [0.3, 0.4) is 0 Å². The molecule has 20 heavy (non-hydrogen) atoms. The minimum absolute atomic E-state index is 0.0732. The number of likely N-dealkylation sites (tertiary alicyclic amines) is 1. The number of aliphatic hydroxyl groups excluding tert-OH is 1. The average molecular weight is 280 g/mol. The van der Waals surface area contributed by atoms with Crippen LogP contribution in [0.4, 0.5) is 4.39 Å². The molecule has 1 aliphatic rings. The Hall–Kier alpha value is -1.46. The van der Waals surface area contributed by atoms with Crippen molar-refractivity contribution in [2.75, 3.05) is 19.6 Å². The Kier molecular flexibility index (Phi) is 5.09. The van der Waals surface area contributed by atoms with Crippen LogP contribution in [-0.2, 0) is 4.79 Å². The van der Waals surface area contributed by atoms with E-state index in [-0.39, 0.29) is 23.9 Å². The molecular weight excluding hydrogens is 259 g/mol. The molecule has 1 fully saturated rings. The highest BCUT2D eigenvalue weighted by Gasteiger charge is 2.20. The van der Waals surface area contributed by atoms with Gasteiger partial charge in [-0.05, 0) is 44.0 Å². The van der Waals surface area contributed by atoms with Gasteiger partial charge in [0.1, 0.15) is 5.82 Å². The van der Waals surface area contributed by atoms with Crippen LogP contribution in [0, 0.1) is 5.82 Å². The van der Waals surface area contributed by atoms with E-state index in [4.69, 9.17) is 0 Å². The first-order valence-electron chi connectivity index (χ1n) is 7.00. The molecule has 1 unspecified atom stereocenters. The van der Waals surface area contributed by atoms with Gasteiger partial charge in [-0.1, -0.05) is 12.1 Å². The van der Waals surface area contributed by atoms with Crippen molar-refractivity contribution in [1.82, 2.24) is 10.2 Å². The second-order valence-corrected chi connectivity index (χ2v) is 5.37. The third kappa shape index (κ3) is 4.28. The van der Waals surface area contributed by atoms with Crippen molar-refractivity contribution in [2.24, 2.45) is 0 Å². The normalized spacial score (nSPS) is 21.4. The summed E-state index contributed by atoms with van der Waals surface area (Å²) in [7, 11) is 0. The lowest BCUT2D eigenvalue weighted by Crippen LogP contribution is -2.44. The van der Waals surface area contributed by atoms with E-state index in [2.05, 4.69) is 5.32 Å². The van der Waals surface area contributed by atoms with Crippen LogP contribution in [0.1, 0.15) is 31.4 Å². The number of carbonyl (C=O) groups excluding carboxylic acids is 1. The third-order valence-corrected chi connectivity index (χ3v) is 3.60. The maximum Gasteiger partial charge on any atom is 0.234 e. The summed E-state index contributed by atoms with van der Waals surface area (Å²) in [6, 6.07) is 5.96. The number of hydrogen-bond donors (Lipinski definition) is 2. The number of piperidine rings is 1. The van der Waals surface area contributed by atoms with E-state index in [0.29, 0.717) is 13.1 Å². The van der Waals surface area contributed by atoms with E-state index in [0.717, 1.165) is 24.9 Å². The molecule has 4 nitrogen and oxygen atoms in total. The second kappa shape index (κ2) is 6.81. The van der Waals surface area contributed by atoms with Gasteiger partial charge in [-0.25, -0.2) is 4.39 Å². The molecule has 1 aromatic carbocycles. The number of rotatable bonds is 4. The van der Waals surface area contributed by atoms with E-state index in [1.54, 1.807) is 12.1 Å². The van der Waals surface area contributed by atoms with Gasteiger partial charge >= 0.3 is 0 Å². The number of nitrogens with zero attached hydrogens (tertiary/aromatic N) is 1. The van der Waals surface area contributed by atoms with Crippen molar-refractivity contribution in [3.63, 3.8) is 0 Å². The topological polar surface area (TPSA) is 52.6 Å². The summed E-state index contributed by atoms with van der Waals surface area (Å²) >= 11 is 0. The van der Waals surface area contributed by atoms with Crippen molar-refractivity contribution in [3.8, 4) is 0 Å². The van der Waals surface area contributed by atoms with E-state index in [1.807, 2.05) is 11.8 Å². The minimum Gasteiger partial charge on any atom is -0.392 e. The van der Waals surface area contributed by atoms with Crippen LogP contribution < -0.4 is 5.32 Å². The zero-order chi connectivity index (χ0) is 14.5. The summed E-state index contributed by atoms with van der Waals surface area (Å²) in [4.78, 5) is 13.9. The van der Waals surface area contributed by atoms with Crippen LogP contribution >= 0.6 is 0 Å². The number of hydrogen-bond acceptors (Lipinski definition) is 3. The van der Waals surface area contributed by atoms with Gasteiger partial charge in [0.2, 0.25) is 5.91 Å². The monoisotopic (exact) mass is 280 g/mol. The Balaban J connectivity index is 1.83. The van der Waals surface area contributed by atoms with Gasteiger partial charge in [0.15, 0.2) is 0 Å². The molecule has 2 rings (SSSR count). The number of amides is 1. The van der Waals surface area contributed by atoms with Crippen molar-refractivity contribution < 1.29 is 14.3 Å². The highest BCUT2D eigenvalue weighted by molar-refractivity contribution is 5.78. The van der Waals surface area contributed by atoms with Crippen molar-refractivity contribution in [2.45, 2.75) is 31.9 Å². The van der Waals surface area contributed by atoms with Crippen LogP contribution in [0.25, 0.3) is 0 Å². The number of aliphatic hydroxyl groups is 1. The number of benzene rings is 1. The smallest absolute Gasteiger partial charge is 0.234 e. The molecule has 2 N–H and O–H groups in total. The number of halogens is 1. The lowest BCUT2D eigenvalue weighted by Gasteiger charge is -2.29. The van der Waals surface area contributed by atoms with Crippen LogP contribution in [0.15, 0.2) is 24.3 Å². The average Bonchev–Trinajstić information content (AvgIpc) is 2.39. The Bertz CT molecular complexity index is 450. The SMILES string of the molecule is CC(NC(=O)CN1CCC[C@H](O)C1)c1ccc(F)cc1. The molecule has 0 radical (unpaired) electrons. The predicted molar refractivity (Wildman–Crippen MR) is 74.6 cm³/mol. The van der Waals surface area contributed by atoms with Crippen LogP contribution in [0.2, 0.25) is 0 Å². The molecule has 0 saturated carbocycles. The van der Waals surface area contributed by atoms with E-state index in [9.17, 15) is 14.3 Å². The fraction of sp³-hybridized carbons (Fsp3) is 0.533. The second-order valence-electron chi connectivity index (χ2n) is 5.37. The molecule has 1 heterocycles. The molecule has 1 saturated heterocycles. The lowest BCUT2D eigenvalue weighted by atomic mass is 10.1. The largest absolute Gasteiger partial charge is 0.392 e. The predicted octanol–water partition coefficient (Wildman–Crippen LogP) is 1.46. The van der Waals surface area contributed by atoms with Gasteiger partial charge in [-0.2, -0.15) is 0 Å². The standard InChI is InChI=1S/C15H21FN2O2/c1-11(12-4-6-13(16)7-5-12)17-15(20)10-18-8-2-3-14(19)9-18/h4-7,11,14,19H,2-3,8-10H2,1H3,(H,17,20)/t11?,14-/m0/s1. The quantitative estimate of drug-likeness (QED) is 0.878. The fourth-order valence-electron chi connectivity index (χ4n) is 2.50. The van der Waals surface area contributed by atoms with Crippen molar-refractivity contribution >= 4 is 5.91 Å². The fourth-order valence-corrected chi connectivity index (χ4v) is 2.50. The summed E-state index contributed by atoms with van der Waals surface area (Å²) in [6.07, 6.45) is 1.40. The molecule has 2 atom stereocenters. The van der Waals surface area contributed by atoms with Gasteiger partial charge < -0.3 is 10.4 Å². The highest BCUT2D eigenvalue weighted by atomic mass is 19.1. The van der Waals surface area contributed by atoms with E-state index in [1.165, 1.54) is 12.1 Å². The summed E-state index contributed by atoms with van der Waals surface area (Å²) in [5, 5.41) is 12.5. The zero-order valence-electron chi connectivity index (χ0n) is 11.7. The first-order chi connectivity index (χ1) is 9.54. The van der Waals surface area contributed by atoms with Crippen molar-refractivity contribution in [3.05, 3.63) is 35.6 Å². The molecule has 1 aliphatic heterocycles. The molecule has 110 valence electrons. The third-order valence-electron chi connectivity index (χ3n) is 3.60. The number of β-amino-alcohol motifs (C(OH)–C–C–N with tert-alkyl or cyclic N) is 1. The van der Waals surface area contributed by atoms with Gasteiger partial charge in [-0.3, -0.25) is 9.69 Å². The summed E-state index contributed by atoms with van der Waals surface area (Å²) in [5.41, 5.74) is 0.874. The van der Waals surface area contributed by atoms with E-state index < -0.39 is 0 Å². The summed E-state index contributed by atoms with van der Waals surface area (Å²) < 4.78 is 12.8. The number of nitrogens with one attached hydrogen (secondary N) is 1. The van der Waals surface area contributed by atoms with Crippen LogP contribution in [0.5, 0.6) is 0 Å². The molecule has 0 bridgehead atoms. The van der Waals surface area contributed by atoms with Crippen molar-refractivity contribution in [1.29, 1.82) is 0 Å². The maximum absolute atomic E-state index is 12.8.